The number of nitrogens with zero attached hydrogens (tertiary/aromatic N) is 7. The summed E-state index contributed by atoms with van der Waals surface area (Å²) in [4.78, 5) is 31.0. The van der Waals surface area contributed by atoms with E-state index in [-0.39, 0.29) is 5.91 Å². The molecule has 2 aliphatic heterocycles. The van der Waals surface area contributed by atoms with E-state index in [4.69, 9.17) is 4.74 Å². The van der Waals surface area contributed by atoms with Gasteiger partial charge in [0.25, 0.3) is 5.91 Å². The van der Waals surface area contributed by atoms with Gasteiger partial charge in [0.1, 0.15) is 25.1 Å². The molecule has 2 aliphatic rings. The van der Waals surface area contributed by atoms with Crippen molar-refractivity contribution in [3.05, 3.63) is 71.8 Å². The van der Waals surface area contributed by atoms with Crippen molar-refractivity contribution in [3.63, 3.8) is 0 Å². The van der Waals surface area contributed by atoms with Crippen molar-refractivity contribution < 1.29 is 13.9 Å². The number of rotatable bonds is 11. The first-order chi connectivity index (χ1) is 22.1. The van der Waals surface area contributed by atoms with Crippen LogP contribution in [0, 0.1) is 6.92 Å². The van der Waals surface area contributed by atoms with E-state index in [1.807, 2.05) is 43.3 Å². The van der Waals surface area contributed by atoms with Gasteiger partial charge >= 0.3 is 0 Å². The van der Waals surface area contributed by atoms with Crippen molar-refractivity contribution in [1.29, 1.82) is 0 Å². The fourth-order valence-corrected chi connectivity index (χ4v) is 5.37. The predicted molar refractivity (Wildman–Crippen MR) is 171 cm³/mol. The molecule has 0 atom stereocenters. The van der Waals surface area contributed by atoms with Gasteiger partial charge in [0.05, 0.1) is 13.2 Å². The highest BCUT2D eigenvalue weighted by Crippen LogP contribution is 2.26. The van der Waals surface area contributed by atoms with Crippen molar-refractivity contribution in [1.82, 2.24) is 34.9 Å². The third-order valence-electron chi connectivity index (χ3n) is 7.87. The third-order valence-corrected chi connectivity index (χ3v) is 7.87. The van der Waals surface area contributed by atoms with Gasteiger partial charge < -0.3 is 30.9 Å². The van der Waals surface area contributed by atoms with Crippen LogP contribution in [-0.2, 0) is 11.4 Å². The van der Waals surface area contributed by atoms with E-state index in [1.165, 1.54) is 12.7 Å². The Kier molecular flexibility index (Phi) is 9.73. The zero-order chi connectivity index (χ0) is 31.0. The fourth-order valence-electron chi connectivity index (χ4n) is 5.37. The lowest BCUT2D eigenvalue weighted by molar-refractivity contribution is 0.0398. The van der Waals surface area contributed by atoms with Crippen LogP contribution in [-0.4, -0.2) is 101 Å². The molecule has 45 heavy (non-hydrogen) atoms. The molecule has 1 amide bonds. The van der Waals surface area contributed by atoms with E-state index < -0.39 is 6.67 Å². The van der Waals surface area contributed by atoms with Crippen molar-refractivity contribution in [3.8, 4) is 5.82 Å². The number of amides is 1. The molecule has 2 fully saturated rings. The first-order valence-corrected chi connectivity index (χ1v) is 15.2. The molecule has 6 rings (SSSR count). The number of carbonyl (C=O) groups is 1. The van der Waals surface area contributed by atoms with Gasteiger partial charge in [-0.2, -0.15) is 14.8 Å². The molecule has 0 aliphatic carbocycles. The van der Waals surface area contributed by atoms with Crippen LogP contribution in [0.4, 0.5) is 33.2 Å². The number of benzene rings is 2. The molecule has 0 bridgehead atoms. The van der Waals surface area contributed by atoms with Crippen LogP contribution in [0.15, 0.2) is 55.1 Å². The van der Waals surface area contributed by atoms with E-state index in [0.29, 0.717) is 34.4 Å². The number of anilines is 5. The monoisotopic (exact) mass is 615 g/mol. The van der Waals surface area contributed by atoms with Crippen molar-refractivity contribution in [2.45, 2.75) is 13.6 Å². The molecule has 4 heterocycles. The number of carbonyl (C=O) groups excluding carboxylic acids is 1. The SMILES string of the molecule is Cc1ccc(NC(=O)c2cc(CF)cc(N3CCNCC3)c2)cc1Nc1ncnn1-c1cc(NCCN2CCOCC2)ncn1. The van der Waals surface area contributed by atoms with Gasteiger partial charge in [0.15, 0.2) is 5.82 Å². The number of morpholine rings is 1. The first-order valence-electron chi connectivity index (χ1n) is 15.2. The Hall–Kier alpha value is -4.66. The number of aryl methyl sites for hydroxylation is 1. The highest BCUT2D eigenvalue weighted by molar-refractivity contribution is 6.05. The number of piperazine rings is 1. The molecule has 0 unspecified atom stereocenters. The molecule has 4 aromatic rings. The lowest BCUT2D eigenvalue weighted by Gasteiger charge is -2.30. The predicted octanol–water partition coefficient (Wildman–Crippen LogP) is 2.98. The maximum absolute atomic E-state index is 13.7. The standard InChI is InChI=1S/C31H38FN11O2/c1-22-2-3-25(39-30(44)24-14-23(19-32)15-26(16-24)42-8-4-33-5-9-42)17-27(22)40-31-37-21-38-43(31)29-18-28(35-20-36-29)34-6-7-41-10-12-45-13-11-41/h2-3,14-18,20-21,33H,4-13,19H2,1H3,(H,39,44)(H,34,35,36)(H,37,38,40). The average Bonchev–Trinajstić information content (AvgIpc) is 3.55. The highest BCUT2D eigenvalue weighted by atomic mass is 19.1. The zero-order valence-corrected chi connectivity index (χ0v) is 25.3. The van der Waals surface area contributed by atoms with Crippen molar-refractivity contribution >= 4 is 34.7 Å². The average molecular weight is 616 g/mol. The number of alkyl halides is 1. The second-order valence-electron chi connectivity index (χ2n) is 11.0. The number of aromatic nitrogens is 5. The van der Waals surface area contributed by atoms with Crippen LogP contribution < -0.4 is 26.2 Å². The normalized spacial score (nSPS) is 15.6. The Labute approximate surface area is 261 Å². The Morgan fingerprint density at radius 2 is 1.84 bits per heavy atom. The van der Waals surface area contributed by atoms with Gasteiger partial charge in [0, 0.05) is 81.1 Å². The molecule has 236 valence electrons. The van der Waals surface area contributed by atoms with Gasteiger partial charge in [-0.3, -0.25) is 9.69 Å². The number of nitrogens with one attached hydrogen (secondary N) is 4. The molecule has 2 saturated heterocycles. The molecule has 0 spiro atoms. The van der Waals surface area contributed by atoms with Gasteiger partial charge in [-0.1, -0.05) is 6.07 Å². The number of hydrogen-bond donors (Lipinski definition) is 4. The van der Waals surface area contributed by atoms with Gasteiger partial charge in [-0.15, -0.1) is 0 Å². The summed E-state index contributed by atoms with van der Waals surface area (Å²) >= 11 is 0. The summed E-state index contributed by atoms with van der Waals surface area (Å²) in [7, 11) is 0. The Balaban J connectivity index is 1.14. The molecule has 0 saturated carbocycles. The number of ether oxygens (including phenoxy) is 1. The largest absolute Gasteiger partial charge is 0.379 e. The molecule has 13 nitrogen and oxygen atoms in total. The molecule has 14 heteroatoms. The highest BCUT2D eigenvalue weighted by Gasteiger charge is 2.17. The molecule has 4 N–H and O–H groups in total. The number of hydrogen-bond acceptors (Lipinski definition) is 11. The molecular formula is C31H38FN11O2. The van der Waals surface area contributed by atoms with Crippen LogP contribution in [0.5, 0.6) is 0 Å². The smallest absolute Gasteiger partial charge is 0.255 e. The molecular weight excluding hydrogens is 577 g/mol. The topological polar surface area (TPSA) is 137 Å². The van der Waals surface area contributed by atoms with Crippen LogP contribution in [0.2, 0.25) is 0 Å². The molecule has 2 aromatic carbocycles. The summed E-state index contributed by atoms with van der Waals surface area (Å²) in [6.07, 6.45) is 2.94. The lowest BCUT2D eigenvalue weighted by Crippen LogP contribution is -2.43. The van der Waals surface area contributed by atoms with E-state index in [2.05, 4.69) is 51.1 Å². The summed E-state index contributed by atoms with van der Waals surface area (Å²) in [5.74, 6) is 1.38. The van der Waals surface area contributed by atoms with Crippen LogP contribution in [0.25, 0.3) is 5.82 Å². The van der Waals surface area contributed by atoms with E-state index in [1.54, 1.807) is 10.7 Å². The second kappa shape index (κ2) is 14.4. The first kappa shape index (κ1) is 30.4. The van der Waals surface area contributed by atoms with Crippen LogP contribution in [0.3, 0.4) is 0 Å². The second-order valence-corrected chi connectivity index (χ2v) is 11.0. The van der Waals surface area contributed by atoms with Crippen molar-refractivity contribution in [2.75, 3.05) is 86.4 Å². The minimum Gasteiger partial charge on any atom is -0.379 e. The summed E-state index contributed by atoms with van der Waals surface area (Å²) in [6.45, 7) is 9.64. The summed E-state index contributed by atoms with van der Waals surface area (Å²) in [5.41, 5.74) is 3.99. The van der Waals surface area contributed by atoms with Gasteiger partial charge in [0.2, 0.25) is 5.95 Å². The molecule has 0 radical (unpaired) electrons. The van der Waals surface area contributed by atoms with E-state index in [0.717, 1.165) is 82.5 Å². The minimum absolute atomic E-state index is 0.311. The van der Waals surface area contributed by atoms with Gasteiger partial charge in [-0.25, -0.2) is 14.4 Å². The third kappa shape index (κ3) is 7.71. The summed E-state index contributed by atoms with van der Waals surface area (Å²) < 4.78 is 20.7. The van der Waals surface area contributed by atoms with E-state index >= 15 is 0 Å². The fraction of sp³-hybridized carbons (Fsp3) is 0.387. The Bertz CT molecular complexity index is 1600. The molecule has 2 aromatic heterocycles. The summed E-state index contributed by atoms with van der Waals surface area (Å²) in [6, 6.07) is 12.6. The maximum atomic E-state index is 13.7. The quantitative estimate of drug-likeness (QED) is 0.198. The minimum atomic E-state index is -0.641. The lowest BCUT2D eigenvalue weighted by atomic mass is 10.1. The summed E-state index contributed by atoms with van der Waals surface area (Å²) in [5, 5.41) is 17.3. The van der Waals surface area contributed by atoms with Crippen LogP contribution >= 0.6 is 0 Å². The number of halogens is 1. The zero-order valence-electron chi connectivity index (χ0n) is 25.3. The Morgan fingerprint density at radius 1 is 1.00 bits per heavy atom. The van der Waals surface area contributed by atoms with E-state index in [9.17, 15) is 9.18 Å². The maximum Gasteiger partial charge on any atom is 0.255 e. The Morgan fingerprint density at radius 3 is 2.67 bits per heavy atom. The van der Waals surface area contributed by atoms with Crippen LogP contribution in [0.1, 0.15) is 21.5 Å². The van der Waals surface area contributed by atoms with Crippen molar-refractivity contribution in [2.24, 2.45) is 0 Å². The van der Waals surface area contributed by atoms with Gasteiger partial charge in [-0.05, 0) is 48.4 Å².